The van der Waals surface area contributed by atoms with Crippen molar-refractivity contribution >= 4 is 59.3 Å². The van der Waals surface area contributed by atoms with Gasteiger partial charge in [0.25, 0.3) is 0 Å². The van der Waals surface area contributed by atoms with Gasteiger partial charge in [0.1, 0.15) is 0 Å². The summed E-state index contributed by atoms with van der Waals surface area (Å²) in [6.45, 7) is 0. The van der Waals surface area contributed by atoms with Crippen molar-refractivity contribution in [2.24, 2.45) is 0 Å². The van der Waals surface area contributed by atoms with E-state index in [2.05, 4.69) is 89.8 Å². The van der Waals surface area contributed by atoms with E-state index in [1.54, 1.807) is 0 Å². The Bertz CT molecular complexity index is 1620. The van der Waals surface area contributed by atoms with Gasteiger partial charge in [-0.1, -0.05) is 48.5 Å². The van der Waals surface area contributed by atoms with Crippen LogP contribution in [0, 0.1) is 11.3 Å². The third-order valence-electron chi connectivity index (χ3n) is 5.87. The molecule has 5 aromatic carbocycles. The molecule has 0 N–H and O–H groups in total. The van der Waals surface area contributed by atoms with Gasteiger partial charge in [-0.2, -0.15) is 5.26 Å². The van der Waals surface area contributed by atoms with Crippen LogP contribution < -0.4 is 4.90 Å². The smallest absolute Gasteiger partial charge is 0.0991 e. The standard InChI is InChI=1S/C29H18N2S/c30-19-20-10-13-23(14-11-20)31(22-7-2-1-3-8-22)24-15-17-27-26(18-24)29-25-9-5-4-6-21(25)12-16-28(29)32-27/h1-18H. The zero-order valence-electron chi connectivity index (χ0n) is 17.2. The lowest BCUT2D eigenvalue weighted by atomic mass is 10.0. The maximum Gasteiger partial charge on any atom is 0.0991 e. The quantitative estimate of drug-likeness (QED) is 0.283. The predicted molar refractivity (Wildman–Crippen MR) is 136 cm³/mol. The third kappa shape index (κ3) is 3.01. The van der Waals surface area contributed by atoms with Gasteiger partial charge in [-0.15, -0.1) is 11.3 Å². The maximum atomic E-state index is 9.22. The van der Waals surface area contributed by atoms with Gasteiger partial charge in [-0.3, -0.25) is 0 Å². The van der Waals surface area contributed by atoms with E-state index in [-0.39, 0.29) is 0 Å². The minimum atomic E-state index is 0.660. The van der Waals surface area contributed by atoms with Crippen molar-refractivity contribution in [2.75, 3.05) is 4.90 Å². The normalized spacial score (nSPS) is 11.1. The Kier molecular flexibility index (Phi) is 4.38. The monoisotopic (exact) mass is 426 g/mol. The Morgan fingerprint density at radius 2 is 1.28 bits per heavy atom. The third-order valence-corrected chi connectivity index (χ3v) is 7.01. The minimum Gasteiger partial charge on any atom is -0.310 e. The maximum absolute atomic E-state index is 9.22. The van der Waals surface area contributed by atoms with Gasteiger partial charge in [-0.25, -0.2) is 0 Å². The molecule has 2 nitrogen and oxygen atoms in total. The van der Waals surface area contributed by atoms with Crippen LogP contribution in [0.2, 0.25) is 0 Å². The first-order valence-electron chi connectivity index (χ1n) is 10.5. The Balaban J connectivity index is 1.61. The molecule has 32 heavy (non-hydrogen) atoms. The molecule has 3 heteroatoms. The van der Waals surface area contributed by atoms with Crippen LogP contribution in [0.15, 0.2) is 109 Å². The van der Waals surface area contributed by atoms with E-state index in [0.29, 0.717) is 5.56 Å². The van der Waals surface area contributed by atoms with Crippen molar-refractivity contribution in [3.63, 3.8) is 0 Å². The summed E-state index contributed by atoms with van der Waals surface area (Å²) >= 11 is 1.84. The van der Waals surface area contributed by atoms with Crippen LogP contribution in [-0.4, -0.2) is 0 Å². The van der Waals surface area contributed by atoms with Crippen molar-refractivity contribution in [3.8, 4) is 6.07 Å². The molecule has 150 valence electrons. The fourth-order valence-corrected chi connectivity index (χ4v) is 5.49. The number of para-hydroxylation sites is 1. The minimum absolute atomic E-state index is 0.660. The van der Waals surface area contributed by atoms with Crippen molar-refractivity contribution in [2.45, 2.75) is 0 Å². The predicted octanol–water partition coefficient (Wildman–Crippen LogP) is 8.55. The van der Waals surface area contributed by atoms with E-state index >= 15 is 0 Å². The first-order chi connectivity index (χ1) is 15.8. The molecule has 0 saturated carbocycles. The molecule has 0 bridgehead atoms. The lowest BCUT2D eigenvalue weighted by molar-refractivity contribution is 1.29. The highest BCUT2D eigenvalue weighted by atomic mass is 32.1. The number of hydrogen-bond acceptors (Lipinski definition) is 3. The van der Waals surface area contributed by atoms with Crippen LogP contribution in [0.5, 0.6) is 0 Å². The Labute approximate surface area is 190 Å². The molecular formula is C29H18N2S. The molecule has 0 amide bonds. The summed E-state index contributed by atoms with van der Waals surface area (Å²) in [7, 11) is 0. The number of anilines is 3. The number of benzene rings is 5. The van der Waals surface area contributed by atoms with Gasteiger partial charge in [0.2, 0.25) is 0 Å². The Morgan fingerprint density at radius 3 is 2.09 bits per heavy atom. The molecule has 1 heterocycles. The van der Waals surface area contributed by atoms with Crippen molar-refractivity contribution in [3.05, 3.63) is 115 Å². The van der Waals surface area contributed by atoms with Crippen LogP contribution in [0.4, 0.5) is 17.1 Å². The van der Waals surface area contributed by atoms with Crippen molar-refractivity contribution in [1.82, 2.24) is 0 Å². The molecule has 0 atom stereocenters. The highest BCUT2D eigenvalue weighted by molar-refractivity contribution is 7.26. The molecule has 1 aromatic heterocycles. The summed E-state index contributed by atoms with van der Waals surface area (Å²) in [5, 5.41) is 14.4. The fraction of sp³-hybridized carbons (Fsp3) is 0. The van der Waals surface area contributed by atoms with E-state index in [9.17, 15) is 5.26 Å². The van der Waals surface area contributed by atoms with Crippen LogP contribution >= 0.6 is 11.3 Å². The van der Waals surface area contributed by atoms with Crippen molar-refractivity contribution < 1.29 is 0 Å². The SMILES string of the molecule is N#Cc1ccc(N(c2ccccc2)c2ccc3sc4ccc5ccccc5c4c3c2)cc1. The molecule has 6 rings (SSSR count). The average Bonchev–Trinajstić information content (AvgIpc) is 3.24. The zero-order valence-corrected chi connectivity index (χ0v) is 18.0. The van der Waals surface area contributed by atoms with E-state index < -0.39 is 0 Å². The van der Waals surface area contributed by atoms with Gasteiger partial charge >= 0.3 is 0 Å². The number of thiophene rings is 1. The lowest BCUT2D eigenvalue weighted by Gasteiger charge is -2.25. The number of nitriles is 1. The molecule has 0 fully saturated rings. The molecule has 0 spiro atoms. The Hall–Kier alpha value is -4.13. The highest BCUT2D eigenvalue weighted by Gasteiger charge is 2.15. The van der Waals surface area contributed by atoms with Gasteiger partial charge < -0.3 is 4.90 Å². The number of rotatable bonds is 3. The Morgan fingerprint density at radius 1 is 0.594 bits per heavy atom. The second-order valence-corrected chi connectivity index (χ2v) is 8.86. The summed E-state index contributed by atoms with van der Waals surface area (Å²) in [6, 6.07) is 40.1. The van der Waals surface area contributed by atoms with Crippen LogP contribution in [0.3, 0.4) is 0 Å². The van der Waals surface area contributed by atoms with E-state index in [0.717, 1.165) is 17.1 Å². The molecular weight excluding hydrogens is 408 g/mol. The number of hydrogen-bond donors (Lipinski definition) is 0. The summed E-state index contributed by atoms with van der Waals surface area (Å²) in [5.74, 6) is 0. The van der Waals surface area contributed by atoms with Gasteiger partial charge in [0, 0.05) is 37.2 Å². The molecule has 0 saturated heterocycles. The van der Waals surface area contributed by atoms with Crippen LogP contribution in [0.1, 0.15) is 5.56 Å². The van der Waals surface area contributed by atoms with Gasteiger partial charge in [-0.05, 0) is 71.4 Å². The average molecular weight is 427 g/mol. The molecule has 0 radical (unpaired) electrons. The summed E-state index contributed by atoms with van der Waals surface area (Å²) in [4.78, 5) is 2.25. The molecule has 0 aliphatic carbocycles. The molecule has 0 aliphatic heterocycles. The highest BCUT2D eigenvalue weighted by Crippen LogP contribution is 2.42. The lowest BCUT2D eigenvalue weighted by Crippen LogP contribution is -2.09. The molecule has 0 aliphatic rings. The van der Waals surface area contributed by atoms with Gasteiger partial charge in [0.05, 0.1) is 11.6 Å². The number of nitrogens with zero attached hydrogens (tertiary/aromatic N) is 2. The fourth-order valence-electron chi connectivity index (χ4n) is 4.38. The summed E-state index contributed by atoms with van der Waals surface area (Å²) < 4.78 is 2.59. The van der Waals surface area contributed by atoms with E-state index in [1.807, 2.05) is 41.7 Å². The van der Waals surface area contributed by atoms with Crippen molar-refractivity contribution in [1.29, 1.82) is 5.26 Å². The number of fused-ring (bicyclic) bond motifs is 5. The van der Waals surface area contributed by atoms with Gasteiger partial charge in [0.15, 0.2) is 0 Å². The van der Waals surface area contributed by atoms with Crippen LogP contribution in [-0.2, 0) is 0 Å². The zero-order chi connectivity index (χ0) is 21.5. The van der Waals surface area contributed by atoms with E-state index in [4.69, 9.17) is 0 Å². The first-order valence-corrected chi connectivity index (χ1v) is 11.3. The molecule has 0 unspecified atom stereocenters. The summed E-state index contributed by atoms with van der Waals surface area (Å²) in [5.41, 5.74) is 3.87. The topological polar surface area (TPSA) is 27.0 Å². The summed E-state index contributed by atoms with van der Waals surface area (Å²) in [6.07, 6.45) is 0. The second-order valence-electron chi connectivity index (χ2n) is 7.77. The first kappa shape index (κ1) is 18.6. The second kappa shape index (κ2) is 7.53. The largest absolute Gasteiger partial charge is 0.310 e. The molecule has 6 aromatic rings. The van der Waals surface area contributed by atoms with E-state index in [1.165, 1.54) is 30.9 Å². The van der Waals surface area contributed by atoms with Crippen LogP contribution in [0.25, 0.3) is 30.9 Å².